The van der Waals surface area contributed by atoms with E-state index in [-0.39, 0.29) is 21.9 Å². The number of hydrogen-bond donors (Lipinski definition) is 6. The van der Waals surface area contributed by atoms with Crippen molar-refractivity contribution in [2.75, 3.05) is 0 Å². The summed E-state index contributed by atoms with van der Waals surface area (Å²) in [4.78, 5) is 41.5. The zero-order valence-corrected chi connectivity index (χ0v) is 19.0. The highest BCUT2D eigenvalue weighted by atomic mass is 32.2. The van der Waals surface area contributed by atoms with Crippen LogP contribution in [0.4, 0.5) is 0 Å². The molecular weight excluding hydrogens is 528 g/mol. The Morgan fingerprint density at radius 1 is 0.583 bits per heavy atom. The lowest BCUT2D eigenvalue weighted by Gasteiger charge is -2.07. The second kappa shape index (κ2) is 10.1. The van der Waals surface area contributed by atoms with E-state index in [2.05, 4.69) is 0 Å². The van der Waals surface area contributed by atoms with Crippen LogP contribution in [-0.2, 0) is 20.2 Å². The minimum absolute atomic E-state index is 0.0440. The van der Waals surface area contributed by atoms with Gasteiger partial charge in [0, 0.05) is 5.39 Å². The maximum atomic E-state index is 11.3. The van der Waals surface area contributed by atoms with Crippen LogP contribution in [0.1, 0.15) is 41.4 Å². The number of carbonyl (C=O) groups is 4. The summed E-state index contributed by atoms with van der Waals surface area (Å²) in [6.07, 6.45) is 0. The quantitative estimate of drug-likeness (QED) is 0.243. The molecule has 3 aromatic carbocycles. The van der Waals surface area contributed by atoms with E-state index in [1.807, 2.05) is 0 Å². The van der Waals surface area contributed by atoms with Gasteiger partial charge in [0.15, 0.2) is 0 Å². The fourth-order valence-electron chi connectivity index (χ4n) is 2.96. The molecule has 36 heavy (non-hydrogen) atoms. The predicted molar refractivity (Wildman–Crippen MR) is 118 cm³/mol. The lowest BCUT2D eigenvalue weighted by atomic mass is 10.0. The maximum Gasteiger partial charge on any atom is 0.337 e. The van der Waals surface area contributed by atoms with Crippen molar-refractivity contribution in [3.63, 3.8) is 0 Å². The van der Waals surface area contributed by atoms with Crippen molar-refractivity contribution in [3.05, 3.63) is 70.8 Å². The lowest BCUT2D eigenvalue weighted by Crippen LogP contribution is -2.14. The SMILES string of the molecule is O=C(O)c1ccc2c(S(=O)(=O)O)cc(C(=O)O)cc2c1.O=C(O)c1cccc(C(=O)O)c1S(=O)(=O)O. The molecule has 0 fully saturated rings. The Morgan fingerprint density at radius 2 is 1.06 bits per heavy atom. The molecule has 0 radical (unpaired) electrons. The molecule has 0 atom stereocenters. The van der Waals surface area contributed by atoms with Gasteiger partial charge in [-0.05, 0) is 41.8 Å². The largest absolute Gasteiger partial charge is 0.478 e. The maximum absolute atomic E-state index is 11.3. The van der Waals surface area contributed by atoms with Crippen molar-refractivity contribution >= 4 is 54.9 Å². The van der Waals surface area contributed by atoms with Crippen LogP contribution in [0.3, 0.4) is 0 Å². The van der Waals surface area contributed by atoms with E-state index in [4.69, 9.17) is 29.5 Å². The molecule has 3 aromatic rings. The van der Waals surface area contributed by atoms with Gasteiger partial charge in [-0.25, -0.2) is 19.2 Å². The second-order valence-electron chi connectivity index (χ2n) is 6.76. The van der Waals surface area contributed by atoms with Gasteiger partial charge in [-0.3, -0.25) is 9.11 Å². The third-order valence-electron chi connectivity index (χ3n) is 4.42. The average molecular weight is 542 g/mol. The van der Waals surface area contributed by atoms with E-state index in [0.29, 0.717) is 0 Å². The van der Waals surface area contributed by atoms with Crippen molar-refractivity contribution in [3.8, 4) is 0 Å². The molecule has 0 unspecified atom stereocenters. The summed E-state index contributed by atoms with van der Waals surface area (Å²) in [5.74, 6) is -5.91. The Hall–Kier alpha value is -4.38. The summed E-state index contributed by atoms with van der Waals surface area (Å²) >= 11 is 0. The van der Waals surface area contributed by atoms with Crippen LogP contribution in [-0.4, -0.2) is 70.2 Å². The second-order valence-corrected chi connectivity index (χ2v) is 9.51. The lowest BCUT2D eigenvalue weighted by molar-refractivity contribution is 0.0674. The van der Waals surface area contributed by atoms with Crippen LogP contribution in [0.15, 0.2) is 58.3 Å². The molecule has 14 nitrogen and oxygen atoms in total. The third-order valence-corrected chi connectivity index (χ3v) is 6.27. The minimum Gasteiger partial charge on any atom is -0.478 e. The zero-order chi connectivity index (χ0) is 27.6. The minimum atomic E-state index is -4.92. The van der Waals surface area contributed by atoms with Gasteiger partial charge in [-0.15, -0.1) is 0 Å². The summed E-state index contributed by atoms with van der Waals surface area (Å²) in [6, 6.07) is 8.31. The highest BCUT2D eigenvalue weighted by Crippen LogP contribution is 2.26. The Labute approximate surface area is 201 Å². The molecule has 0 aliphatic heterocycles. The van der Waals surface area contributed by atoms with E-state index >= 15 is 0 Å². The number of carboxylic acid groups (broad SMARTS) is 4. The van der Waals surface area contributed by atoms with Crippen LogP contribution >= 0.6 is 0 Å². The molecule has 16 heteroatoms. The first-order valence-corrected chi connectivity index (χ1v) is 11.9. The van der Waals surface area contributed by atoms with Crippen LogP contribution in [0, 0.1) is 0 Å². The third kappa shape index (κ3) is 6.19. The van der Waals surface area contributed by atoms with E-state index in [9.17, 15) is 36.0 Å². The predicted octanol–water partition coefficient (Wildman–Crippen LogP) is 1.81. The van der Waals surface area contributed by atoms with Crippen LogP contribution in [0.2, 0.25) is 0 Å². The molecule has 0 saturated carbocycles. The fourth-order valence-corrected chi connectivity index (χ4v) is 4.56. The van der Waals surface area contributed by atoms with Crippen molar-refractivity contribution in [2.45, 2.75) is 9.79 Å². The van der Waals surface area contributed by atoms with E-state index in [1.54, 1.807) is 0 Å². The smallest absolute Gasteiger partial charge is 0.337 e. The summed E-state index contributed by atoms with van der Waals surface area (Å²) in [5, 5.41) is 35.3. The topological polar surface area (TPSA) is 258 Å². The zero-order valence-electron chi connectivity index (χ0n) is 17.4. The van der Waals surface area contributed by atoms with Gasteiger partial charge in [0.1, 0.15) is 9.79 Å². The molecule has 0 spiro atoms. The Balaban J connectivity index is 0.000000261. The van der Waals surface area contributed by atoms with E-state index in [1.165, 1.54) is 12.1 Å². The molecule has 0 aliphatic carbocycles. The molecule has 0 saturated heterocycles. The first-order valence-electron chi connectivity index (χ1n) is 9.04. The van der Waals surface area contributed by atoms with Gasteiger partial charge in [0.25, 0.3) is 20.2 Å². The number of fused-ring (bicyclic) bond motifs is 1. The molecule has 3 rings (SSSR count). The Kier molecular flexibility index (Phi) is 7.80. The van der Waals surface area contributed by atoms with Gasteiger partial charge in [0.05, 0.1) is 22.3 Å². The van der Waals surface area contributed by atoms with Gasteiger partial charge in [-0.2, -0.15) is 16.8 Å². The van der Waals surface area contributed by atoms with Crippen LogP contribution in [0.5, 0.6) is 0 Å². The standard InChI is InChI=1S/C12H8O7S.C8H6O7S/c13-11(14)6-1-2-9-7(3-6)4-8(12(15)16)5-10(9)20(17,18)19;9-7(10)4-2-1-3-5(8(11)12)6(4)16(13,14)15/h1-5H,(H,13,14)(H,15,16)(H,17,18,19);1-3H,(H,9,10)(H,11,12)(H,13,14,15). The van der Waals surface area contributed by atoms with Crippen molar-refractivity contribution in [2.24, 2.45) is 0 Å². The Morgan fingerprint density at radius 3 is 1.44 bits per heavy atom. The molecule has 0 aromatic heterocycles. The van der Waals surface area contributed by atoms with Gasteiger partial charge in [0.2, 0.25) is 0 Å². The highest BCUT2D eigenvalue weighted by molar-refractivity contribution is 7.86. The van der Waals surface area contributed by atoms with Gasteiger partial charge >= 0.3 is 23.9 Å². The summed E-state index contributed by atoms with van der Waals surface area (Å²) < 4.78 is 62.3. The fraction of sp³-hybridized carbons (Fsp3) is 0. The van der Waals surface area contributed by atoms with Crippen LogP contribution in [0.25, 0.3) is 10.8 Å². The van der Waals surface area contributed by atoms with Gasteiger partial charge in [-0.1, -0.05) is 12.1 Å². The monoisotopic (exact) mass is 542 g/mol. The molecule has 0 aliphatic rings. The summed E-state index contributed by atoms with van der Waals surface area (Å²) in [5.41, 5.74) is -2.07. The number of benzene rings is 3. The van der Waals surface area contributed by atoms with Crippen molar-refractivity contribution in [1.29, 1.82) is 0 Å². The molecule has 0 heterocycles. The molecule has 6 N–H and O–H groups in total. The Bertz CT molecular complexity index is 1600. The summed E-state index contributed by atoms with van der Waals surface area (Å²) in [6.45, 7) is 0. The normalized spacial score (nSPS) is 11.3. The summed E-state index contributed by atoms with van der Waals surface area (Å²) in [7, 11) is -9.55. The van der Waals surface area contributed by atoms with Crippen molar-refractivity contribution in [1.82, 2.24) is 0 Å². The number of rotatable bonds is 6. The first kappa shape index (κ1) is 27.9. The first-order chi connectivity index (χ1) is 16.4. The van der Waals surface area contributed by atoms with E-state index in [0.717, 1.165) is 36.4 Å². The van der Waals surface area contributed by atoms with Gasteiger partial charge < -0.3 is 20.4 Å². The highest BCUT2D eigenvalue weighted by Gasteiger charge is 2.27. The molecular formula is C20H14O14S2. The molecule has 0 bridgehead atoms. The van der Waals surface area contributed by atoms with Crippen molar-refractivity contribution < 1.29 is 65.5 Å². The number of aromatic carboxylic acids is 4. The molecule has 190 valence electrons. The molecule has 0 amide bonds. The number of hydrogen-bond acceptors (Lipinski definition) is 8. The van der Waals surface area contributed by atoms with Crippen LogP contribution < -0.4 is 0 Å². The van der Waals surface area contributed by atoms with E-state index < -0.39 is 65.0 Å². The average Bonchev–Trinajstić information content (AvgIpc) is 2.76. The number of carboxylic acids is 4.